The van der Waals surface area contributed by atoms with Crippen molar-refractivity contribution >= 4 is 28.8 Å². The number of rotatable bonds is 7. The van der Waals surface area contributed by atoms with Crippen molar-refractivity contribution in [3.63, 3.8) is 0 Å². The molecular formula is C13H15ClN4OS. The van der Waals surface area contributed by atoms with Gasteiger partial charge in [0.05, 0.1) is 17.4 Å². The van der Waals surface area contributed by atoms with Crippen LogP contribution in [0.15, 0.2) is 37.4 Å². The monoisotopic (exact) mass is 310 g/mol. The van der Waals surface area contributed by atoms with Gasteiger partial charge in [-0.25, -0.2) is 4.98 Å². The van der Waals surface area contributed by atoms with Crippen molar-refractivity contribution in [3.05, 3.63) is 46.7 Å². The predicted molar refractivity (Wildman–Crippen MR) is 79.6 cm³/mol. The molecule has 2 aromatic rings. The Kier molecular flexibility index (Phi) is 5.31. The number of carbonyl (C=O) groups is 1. The molecule has 0 bridgehead atoms. The van der Waals surface area contributed by atoms with E-state index in [1.54, 1.807) is 22.0 Å². The van der Waals surface area contributed by atoms with Crippen LogP contribution in [0.3, 0.4) is 0 Å². The fraction of sp³-hybridized carbons (Fsp3) is 0.308. The van der Waals surface area contributed by atoms with Crippen LogP contribution in [-0.4, -0.2) is 32.1 Å². The zero-order valence-corrected chi connectivity index (χ0v) is 12.5. The SMILES string of the molecule is C=CCN(Cc1ccc(Cl)s1)C(=O)CCn1cncn1. The maximum Gasteiger partial charge on any atom is 0.225 e. The molecule has 20 heavy (non-hydrogen) atoms. The normalized spacial score (nSPS) is 10.4. The first-order valence-electron chi connectivity index (χ1n) is 6.14. The first kappa shape index (κ1) is 14.7. The fourth-order valence-corrected chi connectivity index (χ4v) is 2.86. The van der Waals surface area contributed by atoms with Crippen molar-refractivity contribution in [2.45, 2.75) is 19.5 Å². The van der Waals surface area contributed by atoms with E-state index in [4.69, 9.17) is 11.6 Å². The largest absolute Gasteiger partial charge is 0.334 e. The number of aryl methyl sites for hydroxylation is 1. The molecule has 0 aliphatic rings. The van der Waals surface area contributed by atoms with Crippen molar-refractivity contribution in [2.75, 3.05) is 6.54 Å². The summed E-state index contributed by atoms with van der Waals surface area (Å²) in [4.78, 5) is 18.9. The average molecular weight is 311 g/mol. The highest BCUT2D eigenvalue weighted by Crippen LogP contribution is 2.22. The number of halogens is 1. The van der Waals surface area contributed by atoms with Gasteiger partial charge in [0.15, 0.2) is 0 Å². The summed E-state index contributed by atoms with van der Waals surface area (Å²) in [6.45, 7) is 5.30. The standard InChI is InChI=1S/C13H15ClN4OS/c1-2-6-17(8-11-3-4-12(14)20-11)13(19)5-7-18-10-15-9-16-18/h2-4,9-10H,1,5-8H2. The molecule has 0 radical (unpaired) electrons. The summed E-state index contributed by atoms with van der Waals surface area (Å²) in [6.07, 6.45) is 5.17. The van der Waals surface area contributed by atoms with Crippen molar-refractivity contribution in [1.29, 1.82) is 0 Å². The summed E-state index contributed by atoms with van der Waals surface area (Å²) in [5.74, 6) is 0.0601. The molecule has 0 unspecified atom stereocenters. The van der Waals surface area contributed by atoms with Gasteiger partial charge in [0.2, 0.25) is 5.91 Å². The van der Waals surface area contributed by atoms with Gasteiger partial charge in [-0.3, -0.25) is 9.48 Å². The van der Waals surface area contributed by atoms with Crippen LogP contribution in [0.2, 0.25) is 4.34 Å². The first-order valence-corrected chi connectivity index (χ1v) is 7.34. The van der Waals surface area contributed by atoms with E-state index < -0.39 is 0 Å². The maximum absolute atomic E-state index is 12.2. The van der Waals surface area contributed by atoms with Crippen LogP contribution >= 0.6 is 22.9 Å². The molecule has 0 saturated heterocycles. The van der Waals surface area contributed by atoms with E-state index in [9.17, 15) is 4.79 Å². The molecule has 0 saturated carbocycles. The van der Waals surface area contributed by atoms with Gasteiger partial charge in [-0.2, -0.15) is 5.10 Å². The lowest BCUT2D eigenvalue weighted by molar-refractivity contribution is -0.131. The van der Waals surface area contributed by atoms with Crippen LogP contribution in [0.5, 0.6) is 0 Å². The van der Waals surface area contributed by atoms with Crippen molar-refractivity contribution in [3.8, 4) is 0 Å². The Morgan fingerprint density at radius 1 is 1.55 bits per heavy atom. The zero-order chi connectivity index (χ0) is 14.4. The van der Waals surface area contributed by atoms with Crippen LogP contribution in [0, 0.1) is 0 Å². The number of thiophene rings is 1. The van der Waals surface area contributed by atoms with Crippen LogP contribution in [0.1, 0.15) is 11.3 Å². The molecule has 5 nitrogen and oxygen atoms in total. The number of aromatic nitrogens is 3. The van der Waals surface area contributed by atoms with Gasteiger partial charge in [0.25, 0.3) is 0 Å². The Hall–Kier alpha value is -1.66. The number of amides is 1. The lowest BCUT2D eigenvalue weighted by Gasteiger charge is -2.20. The second-order valence-electron chi connectivity index (χ2n) is 4.18. The molecule has 2 rings (SSSR count). The summed E-state index contributed by atoms with van der Waals surface area (Å²) in [5.41, 5.74) is 0. The molecule has 0 aliphatic heterocycles. The van der Waals surface area contributed by atoms with E-state index in [1.807, 2.05) is 12.1 Å². The Morgan fingerprint density at radius 2 is 2.40 bits per heavy atom. The number of hydrogen-bond acceptors (Lipinski definition) is 4. The predicted octanol–water partition coefficient (Wildman–Crippen LogP) is 2.60. The van der Waals surface area contributed by atoms with Crippen molar-refractivity contribution in [1.82, 2.24) is 19.7 Å². The van der Waals surface area contributed by atoms with Gasteiger partial charge in [-0.1, -0.05) is 17.7 Å². The third-order valence-electron chi connectivity index (χ3n) is 2.70. The highest BCUT2D eigenvalue weighted by atomic mass is 35.5. The molecule has 2 heterocycles. The van der Waals surface area contributed by atoms with Gasteiger partial charge < -0.3 is 4.90 Å². The molecule has 0 spiro atoms. The second kappa shape index (κ2) is 7.21. The minimum absolute atomic E-state index is 0.0601. The summed E-state index contributed by atoms with van der Waals surface area (Å²) < 4.78 is 2.38. The summed E-state index contributed by atoms with van der Waals surface area (Å²) in [6, 6.07) is 3.78. The van der Waals surface area contributed by atoms with E-state index in [0.717, 1.165) is 9.21 Å². The lowest BCUT2D eigenvalue weighted by atomic mass is 10.3. The highest BCUT2D eigenvalue weighted by Gasteiger charge is 2.13. The summed E-state index contributed by atoms with van der Waals surface area (Å²) in [7, 11) is 0. The Balaban J connectivity index is 1.92. The Labute approximate surface area is 126 Å². The molecule has 0 fully saturated rings. The van der Waals surface area contributed by atoms with Gasteiger partial charge in [-0.15, -0.1) is 17.9 Å². The molecule has 106 valence electrons. The first-order chi connectivity index (χ1) is 9.69. The molecule has 2 aromatic heterocycles. The minimum Gasteiger partial charge on any atom is -0.334 e. The van der Waals surface area contributed by atoms with Crippen molar-refractivity contribution in [2.24, 2.45) is 0 Å². The third-order valence-corrected chi connectivity index (χ3v) is 3.91. The number of carbonyl (C=O) groups excluding carboxylic acids is 1. The quantitative estimate of drug-likeness (QED) is 0.739. The van der Waals surface area contributed by atoms with Gasteiger partial charge in [-0.05, 0) is 12.1 Å². The summed E-state index contributed by atoms with van der Waals surface area (Å²) >= 11 is 7.39. The maximum atomic E-state index is 12.2. The second-order valence-corrected chi connectivity index (χ2v) is 5.98. The molecule has 1 amide bonds. The van der Waals surface area contributed by atoms with Crippen LogP contribution in [0.4, 0.5) is 0 Å². The highest BCUT2D eigenvalue weighted by molar-refractivity contribution is 7.16. The fourth-order valence-electron chi connectivity index (χ4n) is 1.75. The Morgan fingerprint density at radius 3 is 3.00 bits per heavy atom. The number of nitrogens with zero attached hydrogens (tertiary/aromatic N) is 4. The lowest BCUT2D eigenvalue weighted by Crippen LogP contribution is -2.31. The zero-order valence-electron chi connectivity index (χ0n) is 10.9. The van der Waals surface area contributed by atoms with Crippen LogP contribution in [-0.2, 0) is 17.9 Å². The van der Waals surface area contributed by atoms with E-state index in [1.165, 1.54) is 17.7 Å². The summed E-state index contributed by atoms with van der Waals surface area (Å²) in [5, 5.41) is 3.98. The Bertz CT molecular complexity index is 567. The van der Waals surface area contributed by atoms with E-state index in [2.05, 4.69) is 16.7 Å². The van der Waals surface area contributed by atoms with Gasteiger partial charge >= 0.3 is 0 Å². The topological polar surface area (TPSA) is 51.0 Å². The molecule has 0 atom stereocenters. The molecule has 0 aromatic carbocycles. The van der Waals surface area contributed by atoms with Gasteiger partial charge in [0, 0.05) is 17.8 Å². The molecular weight excluding hydrogens is 296 g/mol. The van der Waals surface area contributed by atoms with Gasteiger partial charge in [0.1, 0.15) is 12.7 Å². The average Bonchev–Trinajstić information content (AvgIpc) is 3.07. The van der Waals surface area contributed by atoms with E-state index >= 15 is 0 Å². The number of hydrogen-bond donors (Lipinski definition) is 0. The third kappa shape index (κ3) is 4.18. The van der Waals surface area contributed by atoms with Crippen LogP contribution < -0.4 is 0 Å². The van der Waals surface area contributed by atoms with E-state index in [-0.39, 0.29) is 5.91 Å². The molecule has 7 heteroatoms. The molecule has 0 aliphatic carbocycles. The minimum atomic E-state index is 0.0601. The van der Waals surface area contributed by atoms with Crippen LogP contribution in [0.25, 0.3) is 0 Å². The smallest absolute Gasteiger partial charge is 0.225 e. The molecule has 0 N–H and O–H groups in total. The van der Waals surface area contributed by atoms with Crippen molar-refractivity contribution < 1.29 is 4.79 Å². The van der Waals surface area contributed by atoms with E-state index in [0.29, 0.717) is 26.1 Å².